The van der Waals surface area contributed by atoms with Crippen molar-refractivity contribution in [3.8, 4) is 11.6 Å². The van der Waals surface area contributed by atoms with Gasteiger partial charge in [-0.25, -0.2) is 4.98 Å². The molecule has 0 aliphatic rings. The monoisotopic (exact) mass is 338 g/mol. The first-order valence-corrected chi connectivity index (χ1v) is 9.18. The molecule has 2 heterocycles. The zero-order valence-electron chi connectivity index (χ0n) is 15.1. The second kappa shape index (κ2) is 8.65. The lowest BCUT2D eigenvalue weighted by atomic mass is 10.1. The van der Waals surface area contributed by atoms with Gasteiger partial charge in [-0.1, -0.05) is 39.0 Å². The molecular weight excluding hydrogens is 312 g/mol. The molecule has 0 fully saturated rings. The van der Waals surface area contributed by atoms with Crippen LogP contribution in [0.5, 0.6) is 11.6 Å². The molecule has 0 unspecified atom stereocenters. The van der Waals surface area contributed by atoms with Gasteiger partial charge in [-0.2, -0.15) is 4.98 Å². The number of nitrogens with zero attached hydrogens (tertiary/aromatic N) is 2. The van der Waals surface area contributed by atoms with Gasteiger partial charge in [0.2, 0.25) is 5.88 Å². The maximum absolute atomic E-state index is 5.80. The average molecular weight is 338 g/mol. The molecule has 3 aromatic rings. The quantitative estimate of drug-likeness (QED) is 0.380. The lowest BCUT2D eigenvalue weighted by molar-refractivity contribution is 0.294. The highest BCUT2D eigenvalue weighted by Crippen LogP contribution is 2.27. The molecule has 0 saturated heterocycles. The Bertz CT molecular complexity index is 833. The van der Waals surface area contributed by atoms with Gasteiger partial charge in [-0.05, 0) is 36.1 Å². The topological polar surface area (TPSA) is 44.2 Å². The van der Waals surface area contributed by atoms with Gasteiger partial charge in [0.15, 0.2) is 5.65 Å². The molecule has 3 rings (SSSR count). The van der Waals surface area contributed by atoms with E-state index in [4.69, 9.17) is 9.47 Å². The number of benzene rings is 1. The van der Waals surface area contributed by atoms with E-state index in [1.54, 1.807) is 7.11 Å². The van der Waals surface area contributed by atoms with Crippen molar-refractivity contribution in [1.82, 2.24) is 9.97 Å². The maximum Gasteiger partial charge on any atom is 0.215 e. The van der Waals surface area contributed by atoms with Gasteiger partial charge in [0, 0.05) is 23.0 Å². The van der Waals surface area contributed by atoms with E-state index in [1.807, 2.05) is 30.5 Å². The first-order valence-electron chi connectivity index (χ1n) is 9.18. The molecule has 4 nitrogen and oxygen atoms in total. The van der Waals surface area contributed by atoms with Crippen molar-refractivity contribution in [3.05, 3.63) is 36.5 Å². The zero-order valence-corrected chi connectivity index (χ0v) is 15.1. The van der Waals surface area contributed by atoms with E-state index >= 15 is 0 Å². The predicted molar refractivity (Wildman–Crippen MR) is 102 cm³/mol. The minimum atomic E-state index is 0.654. The Morgan fingerprint density at radius 3 is 2.56 bits per heavy atom. The first-order chi connectivity index (χ1) is 12.3. The van der Waals surface area contributed by atoms with Gasteiger partial charge in [0.1, 0.15) is 5.75 Å². The summed E-state index contributed by atoms with van der Waals surface area (Å²) in [6.07, 6.45) is 9.37. The Morgan fingerprint density at radius 2 is 1.72 bits per heavy atom. The number of rotatable bonds is 9. The lowest BCUT2D eigenvalue weighted by Gasteiger charge is -2.08. The standard InChI is InChI=1S/C21H26N2O2/c1-3-4-5-6-7-8-13-25-20-12-11-19-18-10-9-17(24-2)14-16(18)15-22-21(19)23-20/h9-12,14-15H,3-8,13H2,1-2H3. The summed E-state index contributed by atoms with van der Waals surface area (Å²) in [4.78, 5) is 9.03. The summed E-state index contributed by atoms with van der Waals surface area (Å²) >= 11 is 0. The van der Waals surface area contributed by atoms with Crippen LogP contribution >= 0.6 is 0 Å². The molecule has 0 saturated carbocycles. The Kier molecular flexibility index (Phi) is 6.04. The van der Waals surface area contributed by atoms with Gasteiger partial charge in [0.05, 0.1) is 13.7 Å². The van der Waals surface area contributed by atoms with Gasteiger partial charge in [0.25, 0.3) is 0 Å². The SMILES string of the molecule is CCCCCCCCOc1ccc2c(ncc3cc(OC)ccc32)n1. The van der Waals surface area contributed by atoms with Crippen LogP contribution < -0.4 is 9.47 Å². The summed E-state index contributed by atoms with van der Waals surface area (Å²) in [6, 6.07) is 9.98. The number of unbranched alkanes of at least 4 members (excludes halogenated alkanes) is 5. The summed E-state index contributed by atoms with van der Waals surface area (Å²) in [5.74, 6) is 1.49. The normalized spacial score (nSPS) is 11.1. The third kappa shape index (κ3) is 4.38. The Labute approximate surface area is 149 Å². The molecule has 2 aromatic heterocycles. The minimum absolute atomic E-state index is 0.654. The van der Waals surface area contributed by atoms with Crippen LogP contribution in [0.3, 0.4) is 0 Å². The Morgan fingerprint density at radius 1 is 0.920 bits per heavy atom. The van der Waals surface area contributed by atoms with Crippen molar-refractivity contribution < 1.29 is 9.47 Å². The van der Waals surface area contributed by atoms with Gasteiger partial charge >= 0.3 is 0 Å². The molecule has 0 atom stereocenters. The van der Waals surface area contributed by atoms with Crippen LogP contribution in [0.25, 0.3) is 21.8 Å². The molecule has 0 radical (unpaired) electrons. The largest absolute Gasteiger partial charge is 0.497 e. The smallest absolute Gasteiger partial charge is 0.215 e. The fraction of sp³-hybridized carbons (Fsp3) is 0.429. The highest BCUT2D eigenvalue weighted by Gasteiger charge is 2.06. The van der Waals surface area contributed by atoms with E-state index in [1.165, 1.54) is 32.1 Å². The third-order valence-corrected chi connectivity index (χ3v) is 4.47. The van der Waals surface area contributed by atoms with Crippen molar-refractivity contribution in [1.29, 1.82) is 0 Å². The van der Waals surface area contributed by atoms with Crippen LogP contribution in [0.4, 0.5) is 0 Å². The van der Waals surface area contributed by atoms with E-state index in [0.29, 0.717) is 5.88 Å². The summed E-state index contributed by atoms with van der Waals surface area (Å²) in [5, 5.41) is 3.21. The van der Waals surface area contributed by atoms with Crippen molar-refractivity contribution in [2.45, 2.75) is 45.4 Å². The highest BCUT2D eigenvalue weighted by atomic mass is 16.5. The fourth-order valence-corrected chi connectivity index (χ4v) is 3.03. The van der Waals surface area contributed by atoms with E-state index in [9.17, 15) is 0 Å². The van der Waals surface area contributed by atoms with Crippen LogP contribution in [-0.2, 0) is 0 Å². The number of methoxy groups -OCH3 is 1. The minimum Gasteiger partial charge on any atom is -0.497 e. The molecule has 1 aromatic carbocycles. The maximum atomic E-state index is 5.80. The Hall–Kier alpha value is -2.36. The van der Waals surface area contributed by atoms with E-state index < -0.39 is 0 Å². The van der Waals surface area contributed by atoms with E-state index in [2.05, 4.69) is 23.0 Å². The van der Waals surface area contributed by atoms with Crippen molar-refractivity contribution in [2.24, 2.45) is 0 Å². The molecule has 0 aliphatic carbocycles. The lowest BCUT2D eigenvalue weighted by Crippen LogP contribution is -1.99. The van der Waals surface area contributed by atoms with Crippen LogP contribution in [0.1, 0.15) is 45.4 Å². The van der Waals surface area contributed by atoms with Crippen molar-refractivity contribution in [3.63, 3.8) is 0 Å². The molecule has 0 aliphatic heterocycles. The van der Waals surface area contributed by atoms with Crippen molar-refractivity contribution in [2.75, 3.05) is 13.7 Å². The summed E-state index contributed by atoms with van der Waals surface area (Å²) in [6.45, 7) is 2.96. The number of ether oxygens (including phenoxy) is 2. The van der Waals surface area contributed by atoms with E-state index in [0.717, 1.165) is 40.6 Å². The highest BCUT2D eigenvalue weighted by molar-refractivity contribution is 6.04. The molecule has 4 heteroatoms. The van der Waals surface area contributed by atoms with Gasteiger partial charge in [-0.3, -0.25) is 0 Å². The predicted octanol–water partition coefficient (Wildman–Crippen LogP) is 5.53. The molecule has 25 heavy (non-hydrogen) atoms. The zero-order chi connectivity index (χ0) is 17.5. The molecule has 0 spiro atoms. The summed E-state index contributed by atoms with van der Waals surface area (Å²) in [5.41, 5.74) is 0.720. The molecule has 0 amide bonds. The molecule has 0 N–H and O–H groups in total. The average Bonchev–Trinajstić information content (AvgIpc) is 2.66. The number of pyridine rings is 2. The number of aromatic nitrogens is 2. The number of hydrogen-bond donors (Lipinski definition) is 0. The second-order valence-electron chi connectivity index (χ2n) is 6.35. The van der Waals surface area contributed by atoms with E-state index in [-0.39, 0.29) is 0 Å². The van der Waals surface area contributed by atoms with Gasteiger partial charge < -0.3 is 9.47 Å². The van der Waals surface area contributed by atoms with Crippen LogP contribution in [0.2, 0.25) is 0 Å². The summed E-state index contributed by atoms with van der Waals surface area (Å²) < 4.78 is 11.1. The Balaban J connectivity index is 1.65. The number of fused-ring (bicyclic) bond motifs is 3. The summed E-state index contributed by atoms with van der Waals surface area (Å²) in [7, 11) is 1.67. The molecular formula is C21H26N2O2. The van der Waals surface area contributed by atoms with Crippen LogP contribution in [0.15, 0.2) is 36.5 Å². The van der Waals surface area contributed by atoms with Crippen molar-refractivity contribution >= 4 is 21.8 Å². The fourth-order valence-electron chi connectivity index (χ4n) is 3.03. The number of hydrogen-bond acceptors (Lipinski definition) is 4. The second-order valence-corrected chi connectivity index (χ2v) is 6.35. The third-order valence-electron chi connectivity index (χ3n) is 4.47. The molecule has 0 bridgehead atoms. The van der Waals surface area contributed by atoms with Crippen LogP contribution in [0, 0.1) is 0 Å². The van der Waals surface area contributed by atoms with Crippen LogP contribution in [-0.4, -0.2) is 23.7 Å². The first kappa shape index (κ1) is 17.5. The molecule has 132 valence electrons. The van der Waals surface area contributed by atoms with Gasteiger partial charge in [-0.15, -0.1) is 0 Å².